The Morgan fingerprint density at radius 3 is 2.38 bits per heavy atom. The standard InChI is InChI=1S/C23H23N3O3/c1-15-11-16(2)26(24-15)13-17-7-9-18(10-8-17)22(27)25-14-20-6-4-3-5-19(20)12-21(25)23(28)29/h3-11,21H,12-14H2,1-2H3,(H,28,29). The van der Waals surface area contributed by atoms with Crippen molar-refractivity contribution in [2.45, 2.75) is 39.4 Å². The highest BCUT2D eigenvalue weighted by Gasteiger charge is 2.34. The molecule has 0 saturated heterocycles. The summed E-state index contributed by atoms with van der Waals surface area (Å²) in [5.74, 6) is -1.24. The van der Waals surface area contributed by atoms with Crippen LogP contribution in [-0.4, -0.2) is 37.7 Å². The third kappa shape index (κ3) is 3.78. The maximum Gasteiger partial charge on any atom is 0.326 e. The molecule has 1 amide bonds. The van der Waals surface area contributed by atoms with Gasteiger partial charge in [0.1, 0.15) is 6.04 Å². The Balaban J connectivity index is 1.55. The monoisotopic (exact) mass is 389 g/mol. The summed E-state index contributed by atoms with van der Waals surface area (Å²) in [4.78, 5) is 26.4. The molecule has 2 heterocycles. The van der Waals surface area contributed by atoms with Gasteiger partial charge in [0, 0.05) is 24.2 Å². The molecular formula is C23H23N3O3. The van der Waals surface area contributed by atoms with Gasteiger partial charge in [-0.25, -0.2) is 4.79 Å². The van der Waals surface area contributed by atoms with Gasteiger partial charge in [0.25, 0.3) is 5.91 Å². The van der Waals surface area contributed by atoms with Crippen molar-refractivity contribution in [1.82, 2.24) is 14.7 Å². The maximum atomic E-state index is 13.1. The molecular weight excluding hydrogens is 366 g/mol. The van der Waals surface area contributed by atoms with Gasteiger partial charge in [-0.15, -0.1) is 0 Å². The van der Waals surface area contributed by atoms with Crippen LogP contribution in [0.2, 0.25) is 0 Å². The summed E-state index contributed by atoms with van der Waals surface area (Å²) in [6.07, 6.45) is 0.327. The second-order valence-electron chi connectivity index (χ2n) is 7.54. The first kappa shape index (κ1) is 18.9. The minimum absolute atomic E-state index is 0.260. The summed E-state index contributed by atoms with van der Waals surface area (Å²) in [7, 11) is 0. The summed E-state index contributed by atoms with van der Waals surface area (Å²) in [5, 5.41) is 14.1. The molecule has 3 aromatic rings. The number of carboxylic acid groups (broad SMARTS) is 1. The van der Waals surface area contributed by atoms with E-state index in [1.54, 1.807) is 12.1 Å². The molecule has 1 atom stereocenters. The van der Waals surface area contributed by atoms with Gasteiger partial charge in [-0.1, -0.05) is 36.4 Å². The lowest BCUT2D eigenvalue weighted by molar-refractivity contribution is -0.142. The number of amides is 1. The molecule has 1 aliphatic heterocycles. The molecule has 4 rings (SSSR count). The lowest BCUT2D eigenvalue weighted by atomic mass is 9.93. The van der Waals surface area contributed by atoms with Crippen molar-refractivity contribution in [2.75, 3.05) is 0 Å². The van der Waals surface area contributed by atoms with E-state index in [1.165, 1.54) is 4.90 Å². The number of benzene rings is 2. The van der Waals surface area contributed by atoms with E-state index in [0.29, 0.717) is 25.1 Å². The topological polar surface area (TPSA) is 75.4 Å². The first-order valence-corrected chi connectivity index (χ1v) is 9.63. The third-order valence-corrected chi connectivity index (χ3v) is 5.43. The fourth-order valence-electron chi connectivity index (χ4n) is 3.88. The van der Waals surface area contributed by atoms with Crippen LogP contribution in [0.15, 0.2) is 54.6 Å². The first-order chi connectivity index (χ1) is 13.9. The number of hydrogen-bond acceptors (Lipinski definition) is 3. The number of carbonyl (C=O) groups excluding carboxylic acids is 1. The number of nitrogens with zero attached hydrogens (tertiary/aromatic N) is 3. The van der Waals surface area contributed by atoms with Crippen molar-refractivity contribution in [3.8, 4) is 0 Å². The van der Waals surface area contributed by atoms with Crippen LogP contribution >= 0.6 is 0 Å². The van der Waals surface area contributed by atoms with Gasteiger partial charge in [0.05, 0.1) is 12.2 Å². The first-order valence-electron chi connectivity index (χ1n) is 9.63. The molecule has 0 saturated carbocycles. The van der Waals surface area contributed by atoms with Crippen LogP contribution in [0.5, 0.6) is 0 Å². The van der Waals surface area contributed by atoms with E-state index in [-0.39, 0.29) is 5.91 Å². The Morgan fingerprint density at radius 2 is 1.76 bits per heavy atom. The summed E-state index contributed by atoms with van der Waals surface area (Å²) < 4.78 is 1.92. The minimum Gasteiger partial charge on any atom is -0.480 e. The average Bonchev–Trinajstić information content (AvgIpc) is 3.03. The highest BCUT2D eigenvalue weighted by Crippen LogP contribution is 2.25. The minimum atomic E-state index is -0.978. The number of carboxylic acids is 1. The summed E-state index contributed by atoms with van der Waals surface area (Å²) in [6, 6.07) is 16.2. The molecule has 0 bridgehead atoms. The van der Waals surface area contributed by atoms with E-state index in [9.17, 15) is 14.7 Å². The summed E-state index contributed by atoms with van der Waals surface area (Å²) in [6.45, 7) is 4.90. The molecule has 1 aliphatic rings. The Kier molecular flexibility index (Phi) is 4.92. The van der Waals surface area contributed by atoms with Gasteiger partial charge in [0.2, 0.25) is 0 Å². The van der Waals surface area contributed by atoms with Gasteiger partial charge in [-0.05, 0) is 48.7 Å². The van der Waals surface area contributed by atoms with Gasteiger partial charge >= 0.3 is 5.97 Å². The van der Waals surface area contributed by atoms with Crippen LogP contribution in [-0.2, 0) is 24.3 Å². The van der Waals surface area contributed by atoms with Crippen molar-refractivity contribution >= 4 is 11.9 Å². The number of hydrogen-bond donors (Lipinski definition) is 1. The lowest BCUT2D eigenvalue weighted by Gasteiger charge is -2.34. The molecule has 2 aromatic carbocycles. The highest BCUT2D eigenvalue weighted by atomic mass is 16.4. The molecule has 6 heteroatoms. The molecule has 0 spiro atoms. The molecule has 0 radical (unpaired) electrons. The van der Waals surface area contributed by atoms with Crippen LogP contribution in [0.4, 0.5) is 0 Å². The Bertz CT molecular complexity index is 1070. The molecule has 1 unspecified atom stereocenters. The Hall–Kier alpha value is -3.41. The Labute approximate surface area is 169 Å². The Morgan fingerprint density at radius 1 is 1.07 bits per heavy atom. The number of rotatable bonds is 4. The molecule has 6 nitrogen and oxygen atoms in total. The van der Waals surface area contributed by atoms with Crippen molar-refractivity contribution in [3.05, 3.63) is 88.2 Å². The fraction of sp³-hybridized carbons (Fsp3) is 0.261. The van der Waals surface area contributed by atoms with Crippen molar-refractivity contribution < 1.29 is 14.7 Å². The molecule has 1 N–H and O–H groups in total. The third-order valence-electron chi connectivity index (χ3n) is 5.43. The van der Waals surface area contributed by atoms with E-state index in [1.807, 2.05) is 61.0 Å². The average molecular weight is 389 g/mol. The molecule has 1 aromatic heterocycles. The smallest absolute Gasteiger partial charge is 0.326 e. The zero-order valence-corrected chi connectivity index (χ0v) is 16.5. The predicted molar refractivity (Wildman–Crippen MR) is 109 cm³/mol. The van der Waals surface area contributed by atoms with Crippen LogP contribution < -0.4 is 0 Å². The molecule has 0 fully saturated rings. The second-order valence-corrected chi connectivity index (χ2v) is 7.54. The van der Waals surface area contributed by atoms with Crippen molar-refractivity contribution in [1.29, 1.82) is 0 Å². The van der Waals surface area contributed by atoms with Crippen LogP contribution in [0, 0.1) is 13.8 Å². The predicted octanol–water partition coefficient (Wildman–Crippen LogP) is 3.20. The van der Waals surface area contributed by atoms with E-state index in [4.69, 9.17) is 0 Å². The van der Waals surface area contributed by atoms with Gasteiger partial charge in [-0.3, -0.25) is 9.48 Å². The van der Waals surface area contributed by atoms with Crippen molar-refractivity contribution in [3.63, 3.8) is 0 Å². The largest absolute Gasteiger partial charge is 0.480 e. The normalized spacial score (nSPS) is 15.8. The lowest BCUT2D eigenvalue weighted by Crippen LogP contribution is -2.48. The van der Waals surface area contributed by atoms with E-state index in [2.05, 4.69) is 5.10 Å². The zero-order valence-electron chi connectivity index (χ0n) is 16.5. The van der Waals surface area contributed by atoms with E-state index >= 15 is 0 Å². The number of aromatic nitrogens is 2. The van der Waals surface area contributed by atoms with Gasteiger partial charge in [-0.2, -0.15) is 5.10 Å². The highest BCUT2D eigenvalue weighted by molar-refractivity contribution is 5.97. The number of aryl methyl sites for hydroxylation is 2. The fourth-order valence-corrected chi connectivity index (χ4v) is 3.88. The van der Waals surface area contributed by atoms with Gasteiger partial charge < -0.3 is 10.0 Å². The molecule has 0 aliphatic carbocycles. The zero-order chi connectivity index (χ0) is 20.5. The van der Waals surface area contributed by atoms with Crippen LogP contribution in [0.1, 0.15) is 38.4 Å². The molecule has 29 heavy (non-hydrogen) atoms. The summed E-state index contributed by atoms with van der Waals surface area (Å²) in [5.41, 5.74) is 5.57. The second kappa shape index (κ2) is 7.54. The number of aliphatic carboxylic acids is 1. The van der Waals surface area contributed by atoms with E-state index < -0.39 is 12.0 Å². The quantitative estimate of drug-likeness (QED) is 0.744. The van der Waals surface area contributed by atoms with Crippen molar-refractivity contribution in [2.24, 2.45) is 0 Å². The SMILES string of the molecule is Cc1cc(C)n(Cc2ccc(C(=O)N3Cc4ccccc4CC3C(=O)O)cc2)n1. The van der Waals surface area contributed by atoms with Crippen LogP contribution in [0.3, 0.4) is 0 Å². The maximum absolute atomic E-state index is 13.1. The van der Waals surface area contributed by atoms with Gasteiger partial charge in [0.15, 0.2) is 0 Å². The summed E-state index contributed by atoms with van der Waals surface area (Å²) >= 11 is 0. The van der Waals surface area contributed by atoms with Crippen LogP contribution in [0.25, 0.3) is 0 Å². The number of fused-ring (bicyclic) bond motifs is 1. The number of carbonyl (C=O) groups is 2. The van der Waals surface area contributed by atoms with E-state index in [0.717, 1.165) is 28.1 Å². The molecule has 148 valence electrons.